The van der Waals surface area contributed by atoms with Gasteiger partial charge in [0.1, 0.15) is 24.6 Å². The fourth-order valence-electron chi connectivity index (χ4n) is 5.31. The second-order valence-electron chi connectivity index (χ2n) is 10.1. The summed E-state index contributed by atoms with van der Waals surface area (Å²) < 4.78 is 24.0. The molecule has 5 amide bonds. The van der Waals surface area contributed by atoms with Gasteiger partial charge in [-0.05, 0) is 43.4 Å². The Morgan fingerprint density at radius 2 is 2.00 bits per heavy atom. The van der Waals surface area contributed by atoms with Crippen molar-refractivity contribution in [3.05, 3.63) is 48.3 Å². The van der Waals surface area contributed by atoms with Crippen molar-refractivity contribution < 1.29 is 33.0 Å². The summed E-state index contributed by atoms with van der Waals surface area (Å²) in [5, 5.41) is 8.51. The number of hydrogen-bond acceptors (Lipinski definition) is 7. The average Bonchev–Trinajstić information content (AvgIpc) is 3.44. The molecule has 3 aliphatic rings. The number of amides is 5. The summed E-state index contributed by atoms with van der Waals surface area (Å²) in [4.78, 5) is 55.3. The van der Waals surface area contributed by atoms with Gasteiger partial charge in [0, 0.05) is 33.3 Å². The summed E-state index contributed by atoms with van der Waals surface area (Å²) in [5.41, 5.74) is 0.721. The maximum absolute atomic E-state index is 13.7. The third-order valence-electron chi connectivity index (χ3n) is 7.21. The molecule has 2 N–H and O–H groups in total. The molecule has 3 fully saturated rings. The van der Waals surface area contributed by atoms with Crippen LogP contribution in [-0.2, 0) is 25.6 Å². The van der Waals surface area contributed by atoms with E-state index in [9.17, 15) is 23.6 Å². The first-order chi connectivity index (χ1) is 19.3. The highest BCUT2D eigenvalue weighted by Crippen LogP contribution is 2.29. The van der Waals surface area contributed by atoms with Crippen LogP contribution in [0.4, 0.5) is 14.0 Å². The van der Waals surface area contributed by atoms with Crippen LogP contribution in [-0.4, -0.2) is 109 Å². The summed E-state index contributed by atoms with van der Waals surface area (Å²) in [6.07, 6.45) is 2.50. The van der Waals surface area contributed by atoms with Crippen LogP contribution in [0.5, 0.6) is 0 Å². The third-order valence-corrected chi connectivity index (χ3v) is 7.21. The number of nitrogens with one attached hydrogen (secondary N) is 2. The molecule has 13 heteroatoms. The number of piperazine rings is 1. The van der Waals surface area contributed by atoms with E-state index >= 15 is 0 Å². The molecule has 1 aromatic carbocycles. The number of alkyl carbamates (subject to hydrolysis) is 1. The number of halogens is 1. The molecule has 12 nitrogen and oxygen atoms in total. The van der Waals surface area contributed by atoms with Gasteiger partial charge in [-0.2, -0.15) is 0 Å². The van der Waals surface area contributed by atoms with Gasteiger partial charge >= 0.3 is 12.1 Å². The van der Waals surface area contributed by atoms with Gasteiger partial charge in [-0.1, -0.05) is 24.8 Å². The van der Waals surface area contributed by atoms with Gasteiger partial charge in [0.2, 0.25) is 11.8 Å². The minimum atomic E-state index is -0.806. The van der Waals surface area contributed by atoms with Gasteiger partial charge < -0.3 is 29.9 Å². The molecule has 0 radical (unpaired) electrons. The van der Waals surface area contributed by atoms with Crippen molar-refractivity contribution in [1.29, 1.82) is 0 Å². The van der Waals surface area contributed by atoms with Crippen LogP contribution >= 0.6 is 0 Å². The largest absolute Gasteiger partial charge is 0.445 e. The van der Waals surface area contributed by atoms with E-state index in [1.165, 1.54) is 28.1 Å². The molecule has 218 valence electrons. The number of fused-ring (bicyclic) bond motifs is 1. The van der Waals surface area contributed by atoms with Gasteiger partial charge in [0.15, 0.2) is 0 Å². The fraction of sp³-hybridized carbons (Fsp3) is 0.556. The molecular weight excluding hydrogens is 523 g/mol. The number of ether oxygens (including phenoxy) is 2. The van der Waals surface area contributed by atoms with Crippen LogP contribution in [0.3, 0.4) is 0 Å². The zero-order valence-electron chi connectivity index (χ0n) is 22.7. The number of urea groups is 1. The lowest BCUT2D eigenvalue weighted by molar-refractivity contribution is -0.188. The van der Waals surface area contributed by atoms with Gasteiger partial charge in [-0.15, -0.1) is 0 Å². The SMILES string of the molecule is C=CCOC(=O)NCCC[C@H]1C(=O)N(CC2CCCO2)CC2N1C(=O)CN(C)N2C(=O)NCc1ccc(F)cc1. The van der Waals surface area contributed by atoms with E-state index in [0.717, 1.165) is 18.4 Å². The second kappa shape index (κ2) is 13.6. The second-order valence-corrected chi connectivity index (χ2v) is 10.1. The summed E-state index contributed by atoms with van der Waals surface area (Å²) in [6, 6.07) is 4.58. The van der Waals surface area contributed by atoms with Crippen molar-refractivity contribution in [2.45, 2.75) is 50.5 Å². The monoisotopic (exact) mass is 560 g/mol. The van der Waals surface area contributed by atoms with Crippen molar-refractivity contribution in [2.75, 3.05) is 46.4 Å². The van der Waals surface area contributed by atoms with Crippen LogP contribution < -0.4 is 10.6 Å². The molecule has 0 bridgehead atoms. The number of rotatable bonds is 10. The molecule has 2 unspecified atom stereocenters. The van der Waals surface area contributed by atoms with Crippen molar-refractivity contribution in [3.63, 3.8) is 0 Å². The molecular formula is C27H37FN6O6. The predicted molar refractivity (Wildman–Crippen MR) is 142 cm³/mol. The van der Waals surface area contributed by atoms with Gasteiger partial charge in [-0.25, -0.2) is 24.0 Å². The Morgan fingerprint density at radius 1 is 1.23 bits per heavy atom. The molecule has 0 aromatic heterocycles. The van der Waals surface area contributed by atoms with E-state index < -0.39 is 24.3 Å². The Labute approximate surface area is 233 Å². The lowest BCUT2D eigenvalue weighted by Gasteiger charge is -2.54. The summed E-state index contributed by atoms with van der Waals surface area (Å²) in [6.45, 7) is 5.07. The minimum absolute atomic E-state index is 0.0812. The Kier molecular flexibility index (Phi) is 9.93. The molecule has 0 spiro atoms. The van der Waals surface area contributed by atoms with E-state index in [4.69, 9.17) is 9.47 Å². The highest BCUT2D eigenvalue weighted by atomic mass is 19.1. The molecule has 40 heavy (non-hydrogen) atoms. The number of benzene rings is 1. The van der Waals surface area contributed by atoms with Crippen LogP contribution in [0, 0.1) is 5.82 Å². The van der Waals surface area contributed by atoms with Crippen molar-refractivity contribution in [1.82, 2.24) is 30.5 Å². The first kappa shape index (κ1) is 29.3. The maximum Gasteiger partial charge on any atom is 0.407 e. The highest BCUT2D eigenvalue weighted by Gasteiger charge is 2.50. The quantitative estimate of drug-likeness (QED) is 0.328. The molecule has 3 heterocycles. The number of hydrazine groups is 1. The number of likely N-dealkylation sites (N-methyl/N-ethyl adjacent to an activating group) is 1. The minimum Gasteiger partial charge on any atom is -0.445 e. The normalized spacial score (nSPS) is 23.1. The van der Waals surface area contributed by atoms with Crippen LogP contribution in [0.25, 0.3) is 0 Å². The zero-order valence-corrected chi connectivity index (χ0v) is 22.7. The number of carbonyl (C=O) groups is 4. The summed E-state index contributed by atoms with van der Waals surface area (Å²) in [7, 11) is 1.65. The zero-order chi connectivity index (χ0) is 28.6. The molecule has 4 rings (SSSR count). The van der Waals surface area contributed by atoms with Gasteiger partial charge in [-0.3, -0.25) is 9.59 Å². The Balaban J connectivity index is 1.49. The fourth-order valence-corrected chi connectivity index (χ4v) is 5.31. The number of nitrogens with zero attached hydrogens (tertiary/aromatic N) is 4. The van der Waals surface area contributed by atoms with Crippen molar-refractivity contribution in [3.8, 4) is 0 Å². The topological polar surface area (TPSA) is 124 Å². The Morgan fingerprint density at radius 3 is 2.70 bits per heavy atom. The van der Waals surface area contributed by atoms with Gasteiger partial charge in [0.05, 0.1) is 19.2 Å². The Hall–Kier alpha value is -3.71. The molecule has 0 aliphatic carbocycles. The smallest absolute Gasteiger partial charge is 0.407 e. The average molecular weight is 561 g/mol. The number of hydrogen-bond donors (Lipinski definition) is 2. The van der Waals surface area contributed by atoms with Crippen LogP contribution in [0.15, 0.2) is 36.9 Å². The van der Waals surface area contributed by atoms with Crippen molar-refractivity contribution >= 4 is 23.9 Å². The Bertz CT molecular complexity index is 1080. The van der Waals surface area contributed by atoms with Crippen LogP contribution in [0.2, 0.25) is 0 Å². The molecule has 3 atom stereocenters. The number of carbonyl (C=O) groups excluding carboxylic acids is 4. The molecule has 1 aromatic rings. The first-order valence-corrected chi connectivity index (χ1v) is 13.5. The third kappa shape index (κ3) is 7.07. The van der Waals surface area contributed by atoms with E-state index in [1.54, 1.807) is 29.1 Å². The maximum atomic E-state index is 13.7. The summed E-state index contributed by atoms with van der Waals surface area (Å²) >= 11 is 0. The molecule has 3 aliphatic heterocycles. The molecule has 3 saturated heterocycles. The van der Waals surface area contributed by atoms with Crippen LogP contribution in [0.1, 0.15) is 31.2 Å². The standard InChI is InChI=1S/C27H37FN6O6/c1-3-13-40-27(38)29-12-4-7-22-25(36)32(16-21-6-5-14-39-21)17-23-33(22)24(35)18-31(2)34(23)26(37)30-15-19-8-10-20(28)11-9-19/h3,8-11,21-23H,1,4-7,12-18H2,2H3,(H,29,38)(H,30,37)/t21?,22-,23?/m0/s1. The lowest BCUT2D eigenvalue weighted by Crippen LogP contribution is -2.76. The van der Waals surface area contributed by atoms with Crippen molar-refractivity contribution in [2.24, 2.45) is 0 Å². The summed E-state index contributed by atoms with van der Waals surface area (Å²) in [5.74, 6) is -0.831. The first-order valence-electron chi connectivity index (χ1n) is 13.5. The van der Waals surface area contributed by atoms with E-state index in [2.05, 4.69) is 17.2 Å². The van der Waals surface area contributed by atoms with E-state index in [0.29, 0.717) is 26.0 Å². The van der Waals surface area contributed by atoms with E-state index in [1.807, 2.05) is 0 Å². The molecule has 0 saturated carbocycles. The predicted octanol–water partition coefficient (Wildman–Crippen LogP) is 1.43. The lowest BCUT2D eigenvalue weighted by atomic mass is 10.0. The highest BCUT2D eigenvalue weighted by molar-refractivity contribution is 5.91. The van der Waals surface area contributed by atoms with Gasteiger partial charge in [0.25, 0.3) is 0 Å². The van der Waals surface area contributed by atoms with E-state index in [-0.39, 0.29) is 56.5 Å².